The molecule has 0 fully saturated rings. The molecule has 0 unspecified atom stereocenters. The van der Waals surface area contributed by atoms with Crippen LogP contribution in [0.25, 0.3) is 10.2 Å². The zero-order valence-corrected chi connectivity index (χ0v) is 17.0. The predicted molar refractivity (Wildman–Crippen MR) is 119 cm³/mol. The first-order valence-corrected chi connectivity index (χ1v) is 10.4. The standard InChI is InChI=1S/C23H22N4OS/c1-2-19-13-20-22(25-16-26-23(20)29-19)24-14-21(28)27(18-11-7-4-8-12-18)15-17-9-5-3-6-10-17/h3-13,16H,2,14-15H2,1H3,(H,24,25,26). The molecule has 4 rings (SSSR count). The summed E-state index contributed by atoms with van der Waals surface area (Å²) < 4.78 is 0. The highest BCUT2D eigenvalue weighted by Crippen LogP contribution is 2.28. The number of anilines is 2. The van der Waals surface area contributed by atoms with Crippen LogP contribution < -0.4 is 10.2 Å². The Morgan fingerprint density at radius 2 is 1.76 bits per heavy atom. The first kappa shape index (κ1) is 19.1. The normalized spacial score (nSPS) is 10.8. The van der Waals surface area contributed by atoms with E-state index >= 15 is 0 Å². The summed E-state index contributed by atoms with van der Waals surface area (Å²) in [5, 5.41) is 4.19. The van der Waals surface area contributed by atoms with Gasteiger partial charge in [-0.25, -0.2) is 9.97 Å². The SMILES string of the molecule is CCc1cc2c(NCC(=O)N(Cc3ccccc3)c3ccccc3)ncnc2s1. The molecule has 5 nitrogen and oxygen atoms in total. The molecule has 6 heteroatoms. The topological polar surface area (TPSA) is 58.1 Å². The molecule has 29 heavy (non-hydrogen) atoms. The molecule has 0 saturated heterocycles. The first-order chi connectivity index (χ1) is 14.2. The molecule has 0 aliphatic rings. The van der Waals surface area contributed by atoms with Gasteiger partial charge in [0.2, 0.25) is 5.91 Å². The zero-order valence-electron chi connectivity index (χ0n) is 16.2. The van der Waals surface area contributed by atoms with Crippen LogP contribution in [0.5, 0.6) is 0 Å². The molecule has 0 spiro atoms. The van der Waals surface area contributed by atoms with Crippen LogP contribution in [0.1, 0.15) is 17.4 Å². The van der Waals surface area contributed by atoms with E-state index in [4.69, 9.17) is 0 Å². The number of thiophene rings is 1. The largest absolute Gasteiger partial charge is 0.360 e. The quantitative estimate of drug-likeness (QED) is 0.478. The number of hydrogen-bond donors (Lipinski definition) is 1. The lowest BCUT2D eigenvalue weighted by molar-refractivity contribution is -0.117. The van der Waals surface area contributed by atoms with Gasteiger partial charge in [-0.2, -0.15) is 0 Å². The van der Waals surface area contributed by atoms with Gasteiger partial charge in [-0.1, -0.05) is 55.5 Å². The molecule has 0 aliphatic heterocycles. The van der Waals surface area contributed by atoms with Crippen LogP contribution in [0, 0.1) is 0 Å². The average molecular weight is 403 g/mol. The molecule has 0 saturated carbocycles. The second kappa shape index (κ2) is 8.84. The highest BCUT2D eigenvalue weighted by molar-refractivity contribution is 7.18. The van der Waals surface area contributed by atoms with Crippen molar-refractivity contribution >= 4 is 39.0 Å². The molecule has 146 valence electrons. The van der Waals surface area contributed by atoms with Crippen molar-refractivity contribution in [2.24, 2.45) is 0 Å². The number of carbonyl (C=O) groups excluding carboxylic acids is 1. The minimum atomic E-state index is -0.0160. The predicted octanol–water partition coefficient (Wildman–Crippen LogP) is 4.90. The van der Waals surface area contributed by atoms with Crippen molar-refractivity contribution in [2.75, 3.05) is 16.8 Å². The zero-order chi connectivity index (χ0) is 20.1. The number of benzene rings is 2. The van der Waals surface area contributed by atoms with Gasteiger partial charge < -0.3 is 10.2 Å². The van der Waals surface area contributed by atoms with Crippen molar-refractivity contribution in [3.8, 4) is 0 Å². The van der Waals surface area contributed by atoms with Gasteiger partial charge in [0.25, 0.3) is 0 Å². The summed E-state index contributed by atoms with van der Waals surface area (Å²) in [6.45, 7) is 2.80. The van der Waals surface area contributed by atoms with Gasteiger partial charge in [0.1, 0.15) is 17.0 Å². The number of rotatable bonds is 7. The molecule has 2 aromatic carbocycles. The summed E-state index contributed by atoms with van der Waals surface area (Å²) in [4.78, 5) is 25.8. The van der Waals surface area contributed by atoms with Crippen LogP contribution in [-0.2, 0) is 17.8 Å². The third kappa shape index (κ3) is 4.43. The van der Waals surface area contributed by atoms with Gasteiger partial charge in [-0.3, -0.25) is 4.79 Å². The molecule has 2 aromatic heterocycles. The third-order valence-corrected chi connectivity index (χ3v) is 5.88. The summed E-state index contributed by atoms with van der Waals surface area (Å²) in [5.74, 6) is 0.685. The first-order valence-electron chi connectivity index (χ1n) is 9.61. The van der Waals surface area contributed by atoms with E-state index in [1.54, 1.807) is 22.6 Å². The Bertz CT molecular complexity index is 1100. The van der Waals surface area contributed by atoms with Gasteiger partial charge in [-0.15, -0.1) is 11.3 Å². The second-order valence-electron chi connectivity index (χ2n) is 6.66. The minimum absolute atomic E-state index is 0.0160. The number of hydrogen-bond acceptors (Lipinski definition) is 5. The number of nitrogens with one attached hydrogen (secondary N) is 1. The molecule has 2 heterocycles. The fraction of sp³-hybridized carbons (Fsp3) is 0.174. The summed E-state index contributed by atoms with van der Waals surface area (Å²) >= 11 is 1.66. The number of nitrogens with zero attached hydrogens (tertiary/aromatic N) is 3. The second-order valence-corrected chi connectivity index (χ2v) is 7.78. The van der Waals surface area contributed by atoms with Crippen LogP contribution in [0.2, 0.25) is 0 Å². The average Bonchev–Trinajstić information content (AvgIpc) is 3.21. The van der Waals surface area contributed by atoms with E-state index in [-0.39, 0.29) is 12.5 Å². The van der Waals surface area contributed by atoms with Gasteiger partial charge in [0, 0.05) is 10.6 Å². The highest BCUT2D eigenvalue weighted by atomic mass is 32.1. The Hall–Kier alpha value is -3.25. The van der Waals surface area contributed by atoms with Crippen LogP contribution >= 0.6 is 11.3 Å². The van der Waals surface area contributed by atoms with Gasteiger partial charge in [0.05, 0.1) is 18.5 Å². The molecule has 0 aliphatic carbocycles. The van der Waals surface area contributed by atoms with Gasteiger partial charge in [-0.05, 0) is 30.2 Å². The van der Waals surface area contributed by atoms with Gasteiger partial charge >= 0.3 is 0 Å². The molecule has 0 atom stereocenters. The Morgan fingerprint density at radius 3 is 2.48 bits per heavy atom. The van der Waals surface area contributed by atoms with E-state index in [1.807, 2.05) is 60.7 Å². The molecule has 1 N–H and O–H groups in total. The van der Waals surface area contributed by atoms with Crippen LogP contribution in [0.3, 0.4) is 0 Å². The maximum absolute atomic E-state index is 13.1. The molecular formula is C23H22N4OS. The summed E-state index contributed by atoms with van der Waals surface area (Å²) in [5.41, 5.74) is 1.96. The smallest absolute Gasteiger partial charge is 0.246 e. The maximum Gasteiger partial charge on any atom is 0.246 e. The Labute approximate surface area is 174 Å². The van der Waals surface area contributed by atoms with E-state index < -0.39 is 0 Å². The van der Waals surface area contributed by atoms with Crippen molar-refractivity contribution in [3.63, 3.8) is 0 Å². The monoisotopic (exact) mass is 402 g/mol. The lowest BCUT2D eigenvalue weighted by Gasteiger charge is -2.23. The number of carbonyl (C=O) groups is 1. The number of para-hydroxylation sites is 1. The fourth-order valence-electron chi connectivity index (χ4n) is 3.17. The maximum atomic E-state index is 13.1. The molecule has 0 radical (unpaired) electrons. The third-order valence-electron chi connectivity index (χ3n) is 4.69. The van der Waals surface area contributed by atoms with Crippen molar-refractivity contribution in [1.29, 1.82) is 0 Å². The van der Waals surface area contributed by atoms with Crippen LogP contribution in [0.4, 0.5) is 11.5 Å². The van der Waals surface area contributed by atoms with E-state index in [2.05, 4.69) is 28.3 Å². The fourth-order valence-corrected chi connectivity index (χ4v) is 4.11. The van der Waals surface area contributed by atoms with E-state index in [1.165, 1.54) is 4.88 Å². The Morgan fingerprint density at radius 1 is 1.03 bits per heavy atom. The summed E-state index contributed by atoms with van der Waals surface area (Å²) in [7, 11) is 0. The Balaban J connectivity index is 1.55. The molecule has 1 amide bonds. The number of fused-ring (bicyclic) bond motifs is 1. The Kier molecular flexibility index (Phi) is 5.81. The number of aromatic nitrogens is 2. The van der Waals surface area contributed by atoms with Crippen molar-refractivity contribution < 1.29 is 4.79 Å². The van der Waals surface area contributed by atoms with Crippen LogP contribution in [0.15, 0.2) is 73.1 Å². The molecule has 4 aromatic rings. The van der Waals surface area contributed by atoms with E-state index in [9.17, 15) is 4.79 Å². The van der Waals surface area contributed by atoms with Crippen molar-refractivity contribution in [3.05, 3.63) is 83.5 Å². The minimum Gasteiger partial charge on any atom is -0.360 e. The highest BCUT2D eigenvalue weighted by Gasteiger charge is 2.17. The molecule has 0 bridgehead atoms. The van der Waals surface area contributed by atoms with E-state index in [0.29, 0.717) is 12.4 Å². The van der Waals surface area contributed by atoms with Gasteiger partial charge in [0.15, 0.2) is 0 Å². The lowest BCUT2D eigenvalue weighted by atomic mass is 10.2. The van der Waals surface area contributed by atoms with Crippen molar-refractivity contribution in [2.45, 2.75) is 19.9 Å². The number of aryl methyl sites for hydroxylation is 1. The summed E-state index contributed by atoms with van der Waals surface area (Å²) in [6, 6.07) is 21.9. The molecular weight excluding hydrogens is 380 g/mol. The lowest BCUT2D eigenvalue weighted by Crippen LogP contribution is -2.35. The van der Waals surface area contributed by atoms with E-state index in [0.717, 1.165) is 27.9 Å². The van der Waals surface area contributed by atoms with Crippen LogP contribution in [-0.4, -0.2) is 22.4 Å². The summed E-state index contributed by atoms with van der Waals surface area (Å²) in [6.07, 6.45) is 2.50. The van der Waals surface area contributed by atoms with Crippen molar-refractivity contribution in [1.82, 2.24) is 9.97 Å². The number of amides is 1.